The molecule has 0 heterocycles. The van der Waals surface area contributed by atoms with Gasteiger partial charge in [-0.1, -0.05) is 19.1 Å². The van der Waals surface area contributed by atoms with Crippen molar-refractivity contribution >= 4 is 11.4 Å². The molecule has 0 fully saturated rings. The minimum Gasteiger partial charge on any atom is -0.491 e. The van der Waals surface area contributed by atoms with Crippen LogP contribution < -0.4 is 4.74 Å². The number of aliphatic hydroxyl groups is 1. The Balaban J connectivity index is 1.47. The largest absolute Gasteiger partial charge is 0.491 e. The number of rotatable bonds is 18. The Hall–Kier alpha value is -2.36. The van der Waals surface area contributed by atoms with E-state index in [1.54, 1.807) is 0 Å². The van der Waals surface area contributed by atoms with Crippen molar-refractivity contribution in [2.45, 2.75) is 13.3 Å². The van der Waals surface area contributed by atoms with Gasteiger partial charge in [0.2, 0.25) is 0 Å². The van der Waals surface area contributed by atoms with E-state index in [1.807, 2.05) is 36.4 Å². The SMILES string of the molecule is CCc1ccc(N=Nc2ccc(OCCOCCOCCOCCOCCO)cc2)cc1. The smallest absolute Gasteiger partial charge is 0.119 e. The number of ether oxygens (including phenoxy) is 5. The number of hydrogen-bond acceptors (Lipinski definition) is 8. The van der Waals surface area contributed by atoms with Gasteiger partial charge in [0.25, 0.3) is 0 Å². The van der Waals surface area contributed by atoms with Crippen molar-refractivity contribution in [2.75, 3.05) is 66.1 Å². The summed E-state index contributed by atoms with van der Waals surface area (Å²) in [5, 5.41) is 17.1. The Morgan fingerprint density at radius 1 is 0.594 bits per heavy atom. The van der Waals surface area contributed by atoms with Gasteiger partial charge < -0.3 is 28.8 Å². The molecular weight excluding hydrogens is 412 g/mol. The highest BCUT2D eigenvalue weighted by atomic mass is 16.6. The molecule has 0 atom stereocenters. The maximum absolute atomic E-state index is 8.56. The topological polar surface area (TPSA) is 91.1 Å². The van der Waals surface area contributed by atoms with Crippen LogP contribution in [0.25, 0.3) is 0 Å². The first kappa shape index (κ1) is 25.9. The number of azo groups is 1. The summed E-state index contributed by atoms with van der Waals surface area (Å²) in [6.07, 6.45) is 1.01. The lowest BCUT2D eigenvalue weighted by Crippen LogP contribution is -2.14. The van der Waals surface area contributed by atoms with Crippen LogP contribution in [-0.4, -0.2) is 71.2 Å². The van der Waals surface area contributed by atoms with Gasteiger partial charge in [-0.15, -0.1) is 0 Å². The highest BCUT2D eigenvalue weighted by Gasteiger charge is 1.97. The molecule has 0 aliphatic carbocycles. The van der Waals surface area contributed by atoms with E-state index in [4.69, 9.17) is 28.8 Å². The van der Waals surface area contributed by atoms with Crippen LogP contribution in [0.3, 0.4) is 0 Å². The highest BCUT2D eigenvalue weighted by Crippen LogP contribution is 2.21. The molecule has 0 radical (unpaired) electrons. The Kier molecular flexibility index (Phi) is 13.9. The molecule has 0 spiro atoms. The molecule has 0 unspecified atom stereocenters. The van der Waals surface area contributed by atoms with Crippen LogP contribution in [0.5, 0.6) is 5.75 Å². The van der Waals surface area contributed by atoms with Gasteiger partial charge in [0.1, 0.15) is 12.4 Å². The minimum absolute atomic E-state index is 0.0300. The van der Waals surface area contributed by atoms with Crippen LogP contribution in [0.2, 0.25) is 0 Å². The Morgan fingerprint density at radius 3 is 1.50 bits per heavy atom. The molecule has 176 valence electrons. The Labute approximate surface area is 190 Å². The number of benzene rings is 2. The number of hydrogen-bond donors (Lipinski definition) is 1. The summed E-state index contributed by atoms with van der Waals surface area (Å²) in [5.41, 5.74) is 2.89. The predicted octanol–water partition coefficient (Wildman–Crippen LogP) is 4.10. The molecule has 2 rings (SSSR count). The predicted molar refractivity (Wildman–Crippen MR) is 122 cm³/mol. The van der Waals surface area contributed by atoms with Gasteiger partial charge in [-0.2, -0.15) is 10.2 Å². The summed E-state index contributed by atoms with van der Waals surface area (Å²) in [4.78, 5) is 0. The molecule has 0 saturated carbocycles. The van der Waals surface area contributed by atoms with Gasteiger partial charge >= 0.3 is 0 Å². The van der Waals surface area contributed by atoms with E-state index in [2.05, 4.69) is 29.3 Å². The van der Waals surface area contributed by atoms with E-state index in [0.29, 0.717) is 59.5 Å². The fourth-order valence-electron chi connectivity index (χ4n) is 2.57. The van der Waals surface area contributed by atoms with Crippen molar-refractivity contribution < 1.29 is 28.8 Å². The lowest BCUT2D eigenvalue weighted by Gasteiger charge is -2.08. The molecule has 8 heteroatoms. The normalized spacial score (nSPS) is 11.3. The molecule has 0 saturated heterocycles. The van der Waals surface area contributed by atoms with Crippen LogP contribution in [-0.2, 0) is 25.4 Å². The molecule has 1 N–H and O–H groups in total. The van der Waals surface area contributed by atoms with Crippen molar-refractivity contribution in [2.24, 2.45) is 10.2 Å². The first-order valence-corrected chi connectivity index (χ1v) is 11.0. The molecule has 0 amide bonds. The zero-order valence-electron chi connectivity index (χ0n) is 18.8. The van der Waals surface area contributed by atoms with Gasteiger partial charge in [-0.3, -0.25) is 0 Å². The molecule has 2 aromatic carbocycles. The van der Waals surface area contributed by atoms with Gasteiger partial charge in [0.05, 0.1) is 70.8 Å². The fraction of sp³-hybridized carbons (Fsp3) is 0.500. The molecule has 8 nitrogen and oxygen atoms in total. The van der Waals surface area contributed by atoms with E-state index < -0.39 is 0 Å². The third-order valence-corrected chi connectivity index (χ3v) is 4.31. The summed E-state index contributed by atoms with van der Waals surface area (Å²) >= 11 is 0. The Morgan fingerprint density at radius 2 is 1.03 bits per heavy atom. The second-order valence-electron chi connectivity index (χ2n) is 6.74. The summed E-state index contributed by atoms with van der Waals surface area (Å²) in [5.74, 6) is 0.760. The van der Waals surface area contributed by atoms with Gasteiger partial charge in [-0.25, -0.2) is 0 Å². The van der Waals surface area contributed by atoms with Crippen LogP contribution in [0.15, 0.2) is 58.8 Å². The monoisotopic (exact) mass is 446 g/mol. The third-order valence-electron chi connectivity index (χ3n) is 4.31. The van der Waals surface area contributed by atoms with E-state index in [9.17, 15) is 0 Å². The fourth-order valence-corrected chi connectivity index (χ4v) is 2.57. The van der Waals surface area contributed by atoms with E-state index in [1.165, 1.54) is 5.56 Å². The first-order chi connectivity index (χ1) is 15.8. The third kappa shape index (κ3) is 11.9. The second-order valence-corrected chi connectivity index (χ2v) is 6.74. The molecule has 0 aromatic heterocycles. The lowest BCUT2D eigenvalue weighted by molar-refractivity contribution is -0.00779. The Bertz CT molecular complexity index is 737. The number of aliphatic hydroxyl groups excluding tert-OH is 1. The summed E-state index contributed by atoms with van der Waals surface area (Å²) in [6.45, 7) is 6.43. The molecule has 2 aromatic rings. The quantitative estimate of drug-likeness (QED) is 0.274. The lowest BCUT2D eigenvalue weighted by atomic mass is 10.2. The van der Waals surface area contributed by atoms with Crippen molar-refractivity contribution in [3.8, 4) is 5.75 Å². The minimum atomic E-state index is 0.0300. The molecular formula is C24H34N2O6. The van der Waals surface area contributed by atoms with Crippen LogP contribution >= 0.6 is 0 Å². The maximum Gasteiger partial charge on any atom is 0.119 e. The summed E-state index contributed by atoms with van der Waals surface area (Å²) in [7, 11) is 0. The van der Waals surface area contributed by atoms with E-state index in [0.717, 1.165) is 23.5 Å². The van der Waals surface area contributed by atoms with Crippen LogP contribution in [0.4, 0.5) is 11.4 Å². The number of aryl methyl sites for hydroxylation is 1. The summed E-state index contributed by atoms with van der Waals surface area (Å²) < 4.78 is 27.0. The van der Waals surface area contributed by atoms with Crippen LogP contribution in [0.1, 0.15) is 12.5 Å². The zero-order valence-corrected chi connectivity index (χ0v) is 18.8. The highest BCUT2D eigenvalue weighted by molar-refractivity contribution is 5.43. The van der Waals surface area contributed by atoms with Crippen molar-refractivity contribution in [1.82, 2.24) is 0 Å². The molecule has 0 aliphatic heterocycles. The van der Waals surface area contributed by atoms with Crippen molar-refractivity contribution in [1.29, 1.82) is 0 Å². The molecule has 32 heavy (non-hydrogen) atoms. The maximum atomic E-state index is 8.56. The van der Waals surface area contributed by atoms with Crippen LogP contribution in [0, 0.1) is 0 Å². The zero-order chi connectivity index (χ0) is 22.7. The van der Waals surface area contributed by atoms with Gasteiger partial charge in [-0.05, 0) is 48.4 Å². The molecule has 0 aliphatic rings. The first-order valence-electron chi connectivity index (χ1n) is 11.0. The average molecular weight is 447 g/mol. The average Bonchev–Trinajstić information content (AvgIpc) is 2.84. The second kappa shape index (κ2) is 17.2. The van der Waals surface area contributed by atoms with Gasteiger partial charge in [0.15, 0.2) is 0 Å². The van der Waals surface area contributed by atoms with Gasteiger partial charge in [0, 0.05) is 0 Å². The van der Waals surface area contributed by atoms with Crippen molar-refractivity contribution in [3.05, 3.63) is 54.1 Å². The van der Waals surface area contributed by atoms with E-state index in [-0.39, 0.29) is 6.61 Å². The summed E-state index contributed by atoms with van der Waals surface area (Å²) in [6, 6.07) is 15.5. The molecule has 0 bridgehead atoms. The van der Waals surface area contributed by atoms with Crippen molar-refractivity contribution in [3.63, 3.8) is 0 Å². The standard InChI is InChI=1S/C24H34N2O6/c1-2-21-3-5-22(6-4-21)25-26-23-7-9-24(10-8-23)32-20-19-31-18-17-30-16-15-29-14-13-28-12-11-27/h3-10,27H,2,11-20H2,1H3. The number of nitrogens with zero attached hydrogens (tertiary/aromatic N) is 2. The van der Waals surface area contributed by atoms with E-state index >= 15 is 0 Å².